The minimum atomic E-state index is -1.23. The first-order valence-electron chi connectivity index (χ1n) is 9.06. The van der Waals surface area contributed by atoms with Gasteiger partial charge in [0, 0.05) is 0 Å². The quantitative estimate of drug-likeness (QED) is 0.689. The van der Waals surface area contributed by atoms with Crippen LogP contribution in [0.4, 0.5) is 0 Å². The second kappa shape index (κ2) is 6.68. The summed E-state index contributed by atoms with van der Waals surface area (Å²) in [5.41, 5.74) is 2.05. The zero-order chi connectivity index (χ0) is 14.9. The first kappa shape index (κ1) is 16.0. The zero-order valence-electron chi connectivity index (χ0n) is 14.1. The van der Waals surface area contributed by atoms with Crippen LogP contribution in [-0.2, 0) is 0 Å². The summed E-state index contributed by atoms with van der Waals surface area (Å²) in [6.45, 7) is 7.55. The Kier molecular flexibility index (Phi) is 5.08. The summed E-state index contributed by atoms with van der Waals surface area (Å²) < 4.78 is 0. The summed E-state index contributed by atoms with van der Waals surface area (Å²) in [6.07, 6.45) is 11.8. The molecule has 0 aliphatic carbocycles. The summed E-state index contributed by atoms with van der Waals surface area (Å²) in [4.78, 5) is 0. The van der Waals surface area contributed by atoms with Crippen LogP contribution in [0.25, 0.3) is 0 Å². The normalized spacial score (nSPS) is 33.2. The van der Waals surface area contributed by atoms with E-state index in [4.69, 9.17) is 0 Å². The van der Waals surface area contributed by atoms with E-state index in [1.807, 2.05) is 10.6 Å². The molecular formula is C19H32P2. The van der Waals surface area contributed by atoms with E-state index < -0.39 is 7.26 Å². The Hall–Kier alpha value is 0.0800. The van der Waals surface area contributed by atoms with Gasteiger partial charge in [-0.05, 0) is 0 Å². The van der Waals surface area contributed by atoms with E-state index >= 15 is 0 Å². The van der Waals surface area contributed by atoms with E-state index in [-0.39, 0.29) is 7.92 Å². The van der Waals surface area contributed by atoms with E-state index in [1.165, 1.54) is 44.7 Å². The molecule has 3 rings (SSSR count). The fraction of sp³-hybridized carbons (Fsp3) is 0.684. The third kappa shape index (κ3) is 2.84. The Labute approximate surface area is 133 Å². The van der Waals surface area contributed by atoms with Crippen molar-refractivity contribution in [2.75, 3.05) is 19.0 Å². The summed E-state index contributed by atoms with van der Waals surface area (Å²) >= 11 is 0. The molecule has 0 N–H and O–H groups in total. The fourth-order valence-corrected chi connectivity index (χ4v) is 14.3. The molecule has 118 valence electrons. The number of hydrogen-bond acceptors (Lipinski definition) is 0. The summed E-state index contributed by atoms with van der Waals surface area (Å²) in [5, 5.41) is 3.71. The molecule has 0 radical (unpaired) electrons. The Morgan fingerprint density at radius 3 is 2.67 bits per heavy atom. The average Bonchev–Trinajstić information content (AvgIpc) is 3.13. The van der Waals surface area contributed by atoms with E-state index in [0.717, 1.165) is 11.3 Å². The van der Waals surface area contributed by atoms with E-state index in [9.17, 15) is 0 Å². The van der Waals surface area contributed by atoms with Gasteiger partial charge in [0.05, 0.1) is 0 Å². The molecule has 2 aliphatic rings. The molecule has 2 saturated heterocycles. The molecule has 0 saturated carbocycles. The van der Waals surface area contributed by atoms with Crippen molar-refractivity contribution in [2.45, 2.75) is 63.7 Å². The number of rotatable bonds is 4. The molecule has 0 aromatic heterocycles. The zero-order valence-corrected chi connectivity index (χ0v) is 16.0. The van der Waals surface area contributed by atoms with Gasteiger partial charge in [-0.15, -0.1) is 0 Å². The van der Waals surface area contributed by atoms with Crippen LogP contribution in [0, 0.1) is 0 Å². The van der Waals surface area contributed by atoms with Crippen LogP contribution in [0.2, 0.25) is 0 Å². The molecule has 2 heteroatoms. The third-order valence-corrected chi connectivity index (χ3v) is 15.4. The van der Waals surface area contributed by atoms with E-state index in [2.05, 4.69) is 44.8 Å². The topological polar surface area (TPSA) is 0 Å². The van der Waals surface area contributed by atoms with Gasteiger partial charge in [0.15, 0.2) is 0 Å². The molecular weight excluding hydrogens is 290 g/mol. The summed E-state index contributed by atoms with van der Waals surface area (Å²) in [7, 11) is -1.09. The fourth-order valence-electron chi connectivity index (χ4n) is 5.03. The van der Waals surface area contributed by atoms with Crippen LogP contribution in [0.5, 0.6) is 0 Å². The monoisotopic (exact) mass is 322 g/mol. The van der Waals surface area contributed by atoms with Gasteiger partial charge in [-0.25, -0.2) is 0 Å². The molecule has 0 nitrogen and oxygen atoms in total. The molecule has 0 amide bonds. The Balaban J connectivity index is 2.00. The van der Waals surface area contributed by atoms with Crippen LogP contribution in [0.1, 0.15) is 52.4 Å². The van der Waals surface area contributed by atoms with Crippen LogP contribution >= 0.6 is 15.2 Å². The van der Waals surface area contributed by atoms with Gasteiger partial charge >= 0.3 is 133 Å². The van der Waals surface area contributed by atoms with Crippen molar-refractivity contribution in [3.05, 3.63) is 24.3 Å². The molecule has 0 bridgehead atoms. The molecule has 2 aliphatic heterocycles. The molecule has 1 aromatic carbocycles. The van der Waals surface area contributed by atoms with Gasteiger partial charge in [-0.1, -0.05) is 0 Å². The average molecular weight is 322 g/mol. The van der Waals surface area contributed by atoms with E-state index in [1.54, 1.807) is 6.16 Å². The second-order valence-electron chi connectivity index (χ2n) is 7.33. The maximum atomic E-state index is 2.71. The first-order valence-corrected chi connectivity index (χ1v) is 13.4. The van der Waals surface area contributed by atoms with Gasteiger partial charge in [-0.3, -0.25) is 0 Å². The number of hydrogen-bond donors (Lipinski definition) is 0. The first-order chi connectivity index (χ1) is 10.2. The molecule has 2 heterocycles. The molecule has 1 aromatic rings. The molecule has 0 spiro atoms. The van der Waals surface area contributed by atoms with Gasteiger partial charge in [0.1, 0.15) is 0 Å². The van der Waals surface area contributed by atoms with Crippen molar-refractivity contribution in [1.29, 1.82) is 0 Å². The number of benzene rings is 1. The Morgan fingerprint density at radius 1 is 1.10 bits per heavy atom. The van der Waals surface area contributed by atoms with Crippen molar-refractivity contribution in [3.63, 3.8) is 0 Å². The van der Waals surface area contributed by atoms with Crippen LogP contribution in [0.15, 0.2) is 24.3 Å². The van der Waals surface area contributed by atoms with Crippen LogP contribution < -0.4 is 10.6 Å². The predicted molar refractivity (Wildman–Crippen MR) is 103 cm³/mol. The summed E-state index contributed by atoms with van der Waals surface area (Å²) in [5.74, 6) is 0. The van der Waals surface area contributed by atoms with Crippen molar-refractivity contribution < 1.29 is 0 Å². The van der Waals surface area contributed by atoms with Crippen molar-refractivity contribution in [1.82, 2.24) is 0 Å². The van der Waals surface area contributed by atoms with Crippen molar-refractivity contribution >= 4 is 25.8 Å². The summed E-state index contributed by atoms with van der Waals surface area (Å²) in [6, 6.07) is 9.72. The van der Waals surface area contributed by atoms with Crippen molar-refractivity contribution in [3.8, 4) is 0 Å². The molecule has 3 atom stereocenters. The predicted octanol–water partition coefficient (Wildman–Crippen LogP) is 4.94. The maximum absolute atomic E-state index is 2.71. The van der Waals surface area contributed by atoms with E-state index in [0.29, 0.717) is 0 Å². The minimum absolute atomic E-state index is 0.138. The third-order valence-electron chi connectivity index (χ3n) is 6.32. The molecule has 1 unspecified atom stereocenters. The molecule has 21 heavy (non-hydrogen) atoms. The van der Waals surface area contributed by atoms with Crippen molar-refractivity contribution in [2.24, 2.45) is 0 Å². The SMILES string of the molecule is CC[C@@H]1CCCP1c1ccccc1[PH]1(C)CCC[C@H]1CC. The van der Waals surface area contributed by atoms with Gasteiger partial charge in [-0.2, -0.15) is 0 Å². The van der Waals surface area contributed by atoms with Crippen LogP contribution in [-0.4, -0.2) is 30.3 Å². The van der Waals surface area contributed by atoms with Gasteiger partial charge in [0.25, 0.3) is 0 Å². The standard InChI is InChI=1S/C19H32P2/c1-4-16-10-8-14-20(16)18-12-6-7-13-19(18)21(3)15-9-11-17(21)5-2/h6-7,12-13,16-17,21H,4-5,8-11,14-15H2,1-3H3/t16-,17-,20?/m1/s1. The Bertz CT molecular complexity index is 484. The van der Waals surface area contributed by atoms with Gasteiger partial charge in [0.2, 0.25) is 0 Å². The van der Waals surface area contributed by atoms with Crippen LogP contribution in [0.3, 0.4) is 0 Å². The molecule has 2 fully saturated rings. The Morgan fingerprint density at radius 2 is 1.90 bits per heavy atom. The second-order valence-corrected chi connectivity index (χ2v) is 14.6. The van der Waals surface area contributed by atoms with Gasteiger partial charge < -0.3 is 0 Å².